The van der Waals surface area contributed by atoms with Crippen LogP contribution in [0.1, 0.15) is 11.1 Å². The van der Waals surface area contributed by atoms with Gasteiger partial charge in [-0.15, -0.1) is 0 Å². The van der Waals surface area contributed by atoms with Crippen molar-refractivity contribution >= 4 is 6.09 Å². The first-order valence-corrected chi connectivity index (χ1v) is 8.52. The van der Waals surface area contributed by atoms with Crippen LogP contribution in [0.5, 0.6) is 11.5 Å². The number of phenols is 1. The topological polar surface area (TPSA) is 93.5 Å². The average Bonchev–Trinajstić information content (AvgIpc) is 2.67. The van der Waals surface area contributed by atoms with Crippen molar-refractivity contribution in [2.45, 2.75) is 13.2 Å². The van der Waals surface area contributed by atoms with E-state index in [1.165, 1.54) is 4.90 Å². The van der Waals surface area contributed by atoms with Gasteiger partial charge in [-0.3, -0.25) is 0 Å². The molecule has 0 atom stereocenters. The number of benzene rings is 2. The Morgan fingerprint density at radius 1 is 0.852 bits per heavy atom. The largest absolute Gasteiger partial charge is 0.508 e. The Hall–Kier alpha value is -2.61. The highest BCUT2D eigenvalue weighted by molar-refractivity contribution is 5.70. The van der Waals surface area contributed by atoms with Gasteiger partial charge in [0.1, 0.15) is 11.5 Å². The highest BCUT2D eigenvalue weighted by atomic mass is 16.6. The van der Waals surface area contributed by atoms with Gasteiger partial charge in [0, 0.05) is 20.1 Å². The van der Waals surface area contributed by atoms with Crippen molar-refractivity contribution in [3.63, 3.8) is 0 Å². The summed E-state index contributed by atoms with van der Waals surface area (Å²) in [6.07, 6.45) is -0.381. The minimum atomic E-state index is -0.381. The minimum absolute atomic E-state index is 0.0169. The number of rotatable bonds is 6. The average molecular weight is 376 g/mol. The van der Waals surface area contributed by atoms with Gasteiger partial charge < -0.3 is 29.9 Å². The molecule has 7 nitrogen and oxygen atoms in total. The van der Waals surface area contributed by atoms with Gasteiger partial charge in [-0.1, -0.05) is 24.3 Å². The molecule has 7 heteroatoms. The third kappa shape index (κ3) is 9.05. The number of hydrogen-bond donors (Lipinski definition) is 3. The van der Waals surface area contributed by atoms with E-state index < -0.39 is 0 Å². The molecule has 2 aromatic rings. The number of ether oxygens (including phenoxy) is 1. The monoisotopic (exact) mass is 376 g/mol. The fourth-order valence-corrected chi connectivity index (χ4v) is 1.88. The van der Waals surface area contributed by atoms with E-state index in [2.05, 4.69) is 0 Å². The van der Waals surface area contributed by atoms with Crippen molar-refractivity contribution in [1.29, 1.82) is 0 Å². The summed E-state index contributed by atoms with van der Waals surface area (Å²) in [5, 5.41) is 26.2. The number of carbonyl (C=O) groups is 1. The number of carbonyl (C=O) groups excluding carboxylic acids is 1. The van der Waals surface area contributed by atoms with Crippen LogP contribution in [0, 0.1) is 0 Å². The number of aliphatic hydroxyl groups is 2. The Morgan fingerprint density at radius 2 is 1.33 bits per heavy atom. The maximum atomic E-state index is 11.7. The summed E-state index contributed by atoms with van der Waals surface area (Å²) >= 11 is 0. The predicted octanol–water partition coefficient (Wildman–Crippen LogP) is 2.06. The molecule has 0 saturated carbocycles. The van der Waals surface area contributed by atoms with Gasteiger partial charge in [0.05, 0.1) is 13.2 Å². The molecule has 27 heavy (non-hydrogen) atoms. The van der Waals surface area contributed by atoms with Crippen molar-refractivity contribution in [2.24, 2.45) is 0 Å². The molecule has 0 fully saturated rings. The fraction of sp³-hybridized carbons (Fsp3) is 0.350. The molecule has 0 radical (unpaired) electrons. The lowest BCUT2D eigenvalue weighted by Gasteiger charge is -2.19. The molecule has 0 aromatic heterocycles. The van der Waals surface area contributed by atoms with Crippen LogP contribution in [0.2, 0.25) is 0 Å². The zero-order valence-electron chi connectivity index (χ0n) is 16.0. The van der Waals surface area contributed by atoms with E-state index in [0.717, 1.165) is 17.7 Å². The number of nitrogens with zero attached hydrogens (tertiary/aromatic N) is 2. The Bertz CT molecular complexity index is 672. The third-order valence-corrected chi connectivity index (χ3v) is 3.62. The Labute approximate surface area is 160 Å². The first-order chi connectivity index (χ1) is 12.8. The molecular formula is C20H28N2O5. The summed E-state index contributed by atoms with van der Waals surface area (Å²) in [5.74, 6) is 0.709. The van der Waals surface area contributed by atoms with Crippen molar-refractivity contribution in [3.8, 4) is 11.5 Å². The molecule has 0 aliphatic rings. The molecule has 0 spiro atoms. The molecule has 0 aliphatic carbocycles. The molecule has 0 bridgehead atoms. The van der Waals surface area contributed by atoms with E-state index in [0.29, 0.717) is 12.3 Å². The van der Waals surface area contributed by atoms with E-state index in [9.17, 15) is 4.79 Å². The van der Waals surface area contributed by atoms with Crippen LogP contribution in [0.3, 0.4) is 0 Å². The van der Waals surface area contributed by atoms with Crippen LogP contribution in [-0.2, 0) is 13.2 Å². The van der Waals surface area contributed by atoms with E-state index >= 15 is 0 Å². The van der Waals surface area contributed by atoms with Crippen LogP contribution >= 0.6 is 0 Å². The zero-order valence-corrected chi connectivity index (χ0v) is 16.0. The van der Waals surface area contributed by atoms with Crippen molar-refractivity contribution in [3.05, 3.63) is 59.7 Å². The van der Waals surface area contributed by atoms with E-state index in [4.69, 9.17) is 20.1 Å². The lowest BCUT2D eigenvalue weighted by Crippen LogP contribution is -2.35. The van der Waals surface area contributed by atoms with Gasteiger partial charge in [-0.25, -0.2) is 4.79 Å². The highest BCUT2D eigenvalue weighted by Gasteiger charge is 2.11. The van der Waals surface area contributed by atoms with Crippen LogP contribution in [0.4, 0.5) is 4.79 Å². The van der Waals surface area contributed by atoms with Crippen LogP contribution < -0.4 is 4.74 Å². The molecule has 1 amide bonds. The lowest BCUT2D eigenvalue weighted by atomic mass is 10.2. The van der Waals surface area contributed by atoms with Crippen LogP contribution in [0.25, 0.3) is 0 Å². The fourth-order valence-electron chi connectivity index (χ4n) is 1.88. The summed E-state index contributed by atoms with van der Waals surface area (Å²) in [7, 11) is 5.60. The molecule has 2 rings (SSSR count). The van der Waals surface area contributed by atoms with Gasteiger partial charge in [0.2, 0.25) is 0 Å². The lowest BCUT2D eigenvalue weighted by molar-refractivity contribution is 0.159. The summed E-state index contributed by atoms with van der Waals surface area (Å²) in [6.45, 7) is 1.41. The van der Waals surface area contributed by atoms with Gasteiger partial charge in [0.15, 0.2) is 0 Å². The predicted molar refractivity (Wildman–Crippen MR) is 104 cm³/mol. The molecule has 2 aromatic carbocycles. The van der Waals surface area contributed by atoms with Crippen LogP contribution in [-0.4, -0.2) is 65.4 Å². The zero-order chi connectivity index (χ0) is 20.2. The van der Waals surface area contributed by atoms with Gasteiger partial charge in [-0.05, 0) is 49.5 Å². The number of amides is 1. The Balaban J connectivity index is 0.000000337. The summed E-state index contributed by atoms with van der Waals surface area (Å²) in [6, 6.07) is 13.2. The smallest absolute Gasteiger partial charge is 0.415 e. The number of phenolic OH excluding ortho intramolecular Hbond substituents is 1. The second kappa shape index (κ2) is 11.9. The second-order valence-corrected chi connectivity index (χ2v) is 6.22. The van der Waals surface area contributed by atoms with Crippen molar-refractivity contribution < 1.29 is 24.9 Å². The number of aliphatic hydroxyl groups excluding tert-OH is 2. The van der Waals surface area contributed by atoms with Gasteiger partial charge in [0.25, 0.3) is 0 Å². The van der Waals surface area contributed by atoms with Crippen molar-refractivity contribution in [1.82, 2.24) is 9.80 Å². The Kier molecular flexibility index (Phi) is 9.89. The van der Waals surface area contributed by atoms with Crippen molar-refractivity contribution in [2.75, 3.05) is 34.2 Å². The number of likely N-dealkylation sites (N-methyl/N-ethyl adjacent to an activating group) is 2. The second-order valence-electron chi connectivity index (χ2n) is 6.22. The highest BCUT2D eigenvalue weighted by Crippen LogP contribution is 2.13. The van der Waals surface area contributed by atoms with E-state index in [-0.39, 0.29) is 25.1 Å². The number of aromatic hydroxyl groups is 1. The third-order valence-electron chi connectivity index (χ3n) is 3.62. The van der Waals surface area contributed by atoms with E-state index in [1.807, 2.05) is 19.0 Å². The van der Waals surface area contributed by atoms with E-state index in [1.54, 1.807) is 55.6 Å². The Morgan fingerprint density at radius 3 is 1.78 bits per heavy atom. The van der Waals surface area contributed by atoms with Crippen LogP contribution in [0.15, 0.2) is 48.5 Å². The number of hydrogen-bond acceptors (Lipinski definition) is 6. The summed E-state index contributed by atoms with van der Waals surface area (Å²) in [5.41, 5.74) is 1.60. The molecule has 3 N–H and O–H groups in total. The summed E-state index contributed by atoms with van der Waals surface area (Å²) < 4.78 is 5.19. The molecule has 148 valence electrons. The standard InChI is InChI=1S/C13H20N2O3.C7H8O2/c1-14(2)8-9-15(3)13(17)18-12-6-4-11(10-16)5-7-12;8-5-6-1-3-7(9)4-2-6/h4-7,16H,8-10H2,1-3H3;1-4,8-9H,5H2. The molecule has 0 heterocycles. The quantitative estimate of drug-likeness (QED) is 0.715. The molecular weight excluding hydrogens is 348 g/mol. The maximum Gasteiger partial charge on any atom is 0.415 e. The molecule has 0 saturated heterocycles. The summed E-state index contributed by atoms with van der Waals surface area (Å²) in [4.78, 5) is 15.2. The first kappa shape index (κ1) is 22.4. The SMILES string of the molecule is CN(C)CCN(C)C(=O)Oc1ccc(CO)cc1.OCc1ccc(O)cc1. The molecule has 0 aliphatic heterocycles. The molecule has 0 unspecified atom stereocenters. The van der Waals surface area contributed by atoms with Gasteiger partial charge >= 0.3 is 6.09 Å². The van der Waals surface area contributed by atoms with Gasteiger partial charge in [-0.2, -0.15) is 0 Å². The normalized spacial score (nSPS) is 10.1. The first-order valence-electron chi connectivity index (χ1n) is 8.52. The minimum Gasteiger partial charge on any atom is -0.508 e. The maximum absolute atomic E-state index is 11.7.